The van der Waals surface area contributed by atoms with Gasteiger partial charge in [-0.05, 0) is 24.6 Å². The second-order valence-electron chi connectivity index (χ2n) is 4.68. The molecule has 0 saturated carbocycles. The molecule has 1 heterocycles. The molecular weight excluding hydrogens is 258 g/mol. The molecule has 3 N–H and O–H groups in total. The molecule has 0 aliphatic heterocycles. The number of amides is 1. The van der Waals surface area contributed by atoms with Crippen molar-refractivity contribution in [3.8, 4) is 0 Å². The molecule has 106 valence electrons. The number of fused-ring (bicyclic) bond motifs is 1. The first-order valence-corrected chi connectivity index (χ1v) is 6.58. The Hall–Kier alpha value is -2.37. The van der Waals surface area contributed by atoms with Crippen LogP contribution >= 0.6 is 0 Å². The lowest BCUT2D eigenvalue weighted by atomic mass is 10.1. The van der Waals surface area contributed by atoms with E-state index in [9.17, 15) is 9.59 Å². The molecule has 0 bridgehead atoms. The molecule has 0 aliphatic carbocycles. The number of carboxylic acids is 1. The van der Waals surface area contributed by atoms with Crippen LogP contribution in [0.1, 0.15) is 36.5 Å². The van der Waals surface area contributed by atoms with Gasteiger partial charge in [0.15, 0.2) is 0 Å². The zero-order valence-corrected chi connectivity index (χ0v) is 11.2. The van der Waals surface area contributed by atoms with Crippen molar-refractivity contribution in [1.29, 1.82) is 0 Å². The topological polar surface area (TPSA) is 95.1 Å². The molecule has 0 aliphatic rings. The van der Waals surface area contributed by atoms with Gasteiger partial charge < -0.3 is 10.4 Å². The largest absolute Gasteiger partial charge is 0.480 e. The Labute approximate surface area is 116 Å². The van der Waals surface area contributed by atoms with Gasteiger partial charge in [-0.3, -0.25) is 9.89 Å². The normalized spacial score (nSPS) is 12.2. The summed E-state index contributed by atoms with van der Waals surface area (Å²) >= 11 is 0. The minimum absolute atomic E-state index is 0.378. The predicted octanol–water partition coefficient (Wildman–Crippen LogP) is 1.94. The minimum Gasteiger partial charge on any atom is -0.480 e. The Morgan fingerprint density at radius 1 is 1.45 bits per heavy atom. The summed E-state index contributed by atoms with van der Waals surface area (Å²) < 4.78 is 0. The Bertz CT molecular complexity index is 621. The van der Waals surface area contributed by atoms with Crippen LogP contribution in [0.5, 0.6) is 0 Å². The standard InChI is InChI=1S/C14H17N3O3/c1-2-3-4-12(14(19)20)16-13(18)9-5-6-11-10(7-9)8-15-17-11/h5-8,12H,2-4H2,1H3,(H,15,17)(H,16,18)(H,19,20)/t12-/m1/s1. The third kappa shape index (κ3) is 3.14. The number of nitrogens with one attached hydrogen (secondary N) is 2. The summed E-state index contributed by atoms with van der Waals surface area (Å²) in [6, 6.07) is 4.24. The fourth-order valence-electron chi connectivity index (χ4n) is 1.99. The molecular formula is C14H17N3O3. The molecule has 0 unspecified atom stereocenters. The summed E-state index contributed by atoms with van der Waals surface area (Å²) in [4.78, 5) is 23.2. The average Bonchev–Trinajstić information content (AvgIpc) is 2.90. The predicted molar refractivity (Wildman–Crippen MR) is 74.5 cm³/mol. The van der Waals surface area contributed by atoms with E-state index in [0.29, 0.717) is 12.0 Å². The molecule has 0 radical (unpaired) electrons. The lowest BCUT2D eigenvalue weighted by Crippen LogP contribution is -2.40. The number of hydrogen-bond donors (Lipinski definition) is 3. The van der Waals surface area contributed by atoms with E-state index in [1.807, 2.05) is 6.92 Å². The third-order valence-corrected chi connectivity index (χ3v) is 3.15. The van der Waals surface area contributed by atoms with Gasteiger partial charge in [0.05, 0.1) is 11.7 Å². The van der Waals surface area contributed by atoms with Gasteiger partial charge in [-0.1, -0.05) is 19.8 Å². The van der Waals surface area contributed by atoms with Gasteiger partial charge in [-0.2, -0.15) is 5.10 Å². The van der Waals surface area contributed by atoms with Crippen LogP contribution in [0.25, 0.3) is 10.9 Å². The number of carbonyl (C=O) groups excluding carboxylic acids is 1. The van der Waals surface area contributed by atoms with E-state index in [-0.39, 0.29) is 5.91 Å². The zero-order valence-electron chi connectivity index (χ0n) is 11.2. The quantitative estimate of drug-likeness (QED) is 0.750. The van der Waals surface area contributed by atoms with Gasteiger partial charge in [0.1, 0.15) is 6.04 Å². The summed E-state index contributed by atoms with van der Waals surface area (Å²) in [5, 5.41) is 19.2. The van der Waals surface area contributed by atoms with Gasteiger partial charge in [-0.25, -0.2) is 4.79 Å². The van der Waals surface area contributed by atoms with Crippen LogP contribution in [0.2, 0.25) is 0 Å². The maximum Gasteiger partial charge on any atom is 0.326 e. The fraction of sp³-hybridized carbons (Fsp3) is 0.357. The molecule has 2 rings (SSSR count). The zero-order chi connectivity index (χ0) is 14.5. The first-order valence-electron chi connectivity index (χ1n) is 6.58. The molecule has 1 amide bonds. The van der Waals surface area contributed by atoms with E-state index in [1.54, 1.807) is 24.4 Å². The molecule has 0 fully saturated rings. The Morgan fingerprint density at radius 3 is 2.95 bits per heavy atom. The van der Waals surface area contributed by atoms with Crippen LogP contribution in [0, 0.1) is 0 Å². The number of hydrogen-bond acceptors (Lipinski definition) is 3. The number of unbranched alkanes of at least 4 members (excludes halogenated alkanes) is 1. The number of aromatic amines is 1. The Balaban J connectivity index is 2.10. The van der Waals surface area contributed by atoms with Gasteiger partial charge in [-0.15, -0.1) is 0 Å². The molecule has 0 saturated heterocycles. The number of benzene rings is 1. The monoisotopic (exact) mass is 275 g/mol. The van der Waals surface area contributed by atoms with Crippen molar-refractivity contribution in [1.82, 2.24) is 15.5 Å². The highest BCUT2D eigenvalue weighted by atomic mass is 16.4. The molecule has 1 aromatic heterocycles. The van der Waals surface area contributed by atoms with Crippen LogP contribution in [0.15, 0.2) is 24.4 Å². The third-order valence-electron chi connectivity index (χ3n) is 3.15. The van der Waals surface area contributed by atoms with Crippen molar-refractivity contribution in [3.63, 3.8) is 0 Å². The highest BCUT2D eigenvalue weighted by molar-refractivity contribution is 5.99. The summed E-state index contributed by atoms with van der Waals surface area (Å²) in [7, 11) is 0. The first-order chi connectivity index (χ1) is 9.61. The van der Waals surface area contributed by atoms with Gasteiger partial charge >= 0.3 is 5.97 Å². The lowest BCUT2D eigenvalue weighted by molar-refractivity contribution is -0.139. The van der Waals surface area contributed by atoms with Crippen molar-refractivity contribution in [2.75, 3.05) is 0 Å². The van der Waals surface area contributed by atoms with E-state index in [1.165, 1.54) is 0 Å². The van der Waals surface area contributed by atoms with Crippen molar-refractivity contribution in [3.05, 3.63) is 30.0 Å². The average molecular weight is 275 g/mol. The van der Waals surface area contributed by atoms with Gasteiger partial charge in [0.25, 0.3) is 5.91 Å². The number of carbonyl (C=O) groups is 2. The Morgan fingerprint density at radius 2 is 2.25 bits per heavy atom. The van der Waals surface area contributed by atoms with E-state index in [2.05, 4.69) is 15.5 Å². The van der Waals surface area contributed by atoms with E-state index in [4.69, 9.17) is 5.11 Å². The van der Waals surface area contributed by atoms with E-state index in [0.717, 1.165) is 23.7 Å². The second-order valence-corrected chi connectivity index (χ2v) is 4.68. The number of aromatic nitrogens is 2. The highest BCUT2D eigenvalue weighted by Gasteiger charge is 2.20. The van der Waals surface area contributed by atoms with Crippen LogP contribution < -0.4 is 5.32 Å². The minimum atomic E-state index is -1.00. The molecule has 6 heteroatoms. The fourth-order valence-corrected chi connectivity index (χ4v) is 1.99. The van der Waals surface area contributed by atoms with Gasteiger partial charge in [0.2, 0.25) is 0 Å². The summed E-state index contributed by atoms with van der Waals surface area (Å²) in [5.74, 6) is -1.38. The van der Waals surface area contributed by atoms with Crippen LogP contribution in [0.4, 0.5) is 0 Å². The molecule has 1 aromatic carbocycles. The van der Waals surface area contributed by atoms with Crippen molar-refractivity contribution in [2.45, 2.75) is 32.2 Å². The number of aliphatic carboxylic acids is 1. The maximum atomic E-state index is 12.1. The van der Waals surface area contributed by atoms with E-state index < -0.39 is 12.0 Å². The molecule has 2 aromatic rings. The molecule has 20 heavy (non-hydrogen) atoms. The molecule has 6 nitrogen and oxygen atoms in total. The van der Waals surface area contributed by atoms with Crippen molar-refractivity contribution in [2.24, 2.45) is 0 Å². The first kappa shape index (κ1) is 14.0. The summed E-state index contributed by atoms with van der Waals surface area (Å²) in [6.07, 6.45) is 3.71. The van der Waals surface area contributed by atoms with Crippen LogP contribution in [-0.4, -0.2) is 33.2 Å². The molecule has 0 spiro atoms. The van der Waals surface area contributed by atoms with E-state index >= 15 is 0 Å². The number of nitrogens with zero attached hydrogens (tertiary/aromatic N) is 1. The number of H-pyrrole nitrogens is 1. The SMILES string of the molecule is CCCC[C@@H](NC(=O)c1ccc2[nH]ncc2c1)C(=O)O. The van der Waals surface area contributed by atoms with Crippen molar-refractivity contribution >= 4 is 22.8 Å². The second kappa shape index (κ2) is 6.18. The Kier molecular flexibility index (Phi) is 4.34. The highest BCUT2D eigenvalue weighted by Crippen LogP contribution is 2.13. The number of carboxylic acid groups (broad SMARTS) is 1. The lowest BCUT2D eigenvalue weighted by Gasteiger charge is -2.14. The van der Waals surface area contributed by atoms with Crippen LogP contribution in [-0.2, 0) is 4.79 Å². The maximum absolute atomic E-state index is 12.1. The number of rotatable bonds is 6. The summed E-state index contributed by atoms with van der Waals surface area (Å²) in [6.45, 7) is 1.98. The summed E-state index contributed by atoms with van der Waals surface area (Å²) in [5.41, 5.74) is 1.27. The van der Waals surface area contributed by atoms with Crippen LogP contribution in [0.3, 0.4) is 0 Å². The molecule has 1 atom stereocenters. The van der Waals surface area contributed by atoms with Crippen molar-refractivity contribution < 1.29 is 14.7 Å². The van der Waals surface area contributed by atoms with Gasteiger partial charge in [0, 0.05) is 10.9 Å². The smallest absolute Gasteiger partial charge is 0.326 e.